The normalized spacial score (nSPS) is 14.3. The van der Waals surface area contributed by atoms with Gasteiger partial charge in [-0.25, -0.2) is 18.9 Å². The molecule has 3 aromatic carbocycles. The number of carbonyl (C=O) groups is 4. The first-order chi connectivity index (χ1) is 18.7. The van der Waals surface area contributed by atoms with Crippen LogP contribution in [0.1, 0.15) is 28.4 Å². The Morgan fingerprint density at radius 2 is 1.79 bits per heavy atom. The van der Waals surface area contributed by atoms with E-state index < -0.39 is 29.6 Å². The van der Waals surface area contributed by atoms with Crippen molar-refractivity contribution < 1.29 is 37.8 Å². The summed E-state index contributed by atoms with van der Waals surface area (Å²) in [4.78, 5) is 51.0. The lowest BCUT2D eigenvalue weighted by atomic mass is 10.1. The highest BCUT2D eigenvalue weighted by Crippen LogP contribution is 2.38. The number of nitrogens with one attached hydrogen (secondary N) is 1. The van der Waals surface area contributed by atoms with Crippen molar-refractivity contribution in [2.75, 3.05) is 18.6 Å². The number of benzene rings is 3. The van der Waals surface area contributed by atoms with Crippen LogP contribution in [-0.4, -0.2) is 37.5 Å². The van der Waals surface area contributed by atoms with Crippen LogP contribution in [0.15, 0.2) is 66.2 Å². The molecule has 0 atom stereocenters. The van der Waals surface area contributed by atoms with Gasteiger partial charge in [0.25, 0.3) is 11.8 Å². The Morgan fingerprint density at radius 1 is 1.08 bits per heavy atom. The number of hydrogen-bond donors (Lipinski definition) is 1. The summed E-state index contributed by atoms with van der Waals surface area (Å²) in [6, 6.07) is 13.7. The van der Waals surface area contributed by atoms with Crippen LogP contribution in [0.2, 0.25) is 5.02 Å². The van der Waals surface area contributed by atoms with Crippen molar-refractivity contribution in [2.45, 2.75) is 13.5 Å². The van der Waals surface area contributed by atoms with Crippen LogP contribution in [0.5, 0.6) is 11.5 Å². The minimum absolute atomic E-state index is 0.0868. The van der Waals surface area contributed by atoms with E-state index in [4.69, 9.17) is 25.8 Å². The van der Waals surface area contributed by atoms with Gasteiger partial charge < -0.3 is 14.2 Å². The van der Waals surface area contributed by atoms with Crippen LogP contribution >= 0.6 is 11.6 Å². The minimum atomic E-state index is -0.946. The SMILES string of the molecule is CCOC(=O)c1ccc(N2C(=O)NC(=O)/C(=C\c3cc(Cl)c(OCc4ccccc4F)c(OC)c3)C2=O)cc1. The smallest absolute Gasteiger partial charge is 0.338 e. The summed E-state index contributed by atoms with van der Waals surface area (Å²) in [5.41, 5.74) is 0.641. The Hall–Kier alpha value is -4.70. The molecule has 0 saturated carbocycles. The first-order valence-corrected chi connectivity index (χ1v) is 12.0. The standard InChI is InChI=1S/C28H22ClFN2O7/c1-3-38-27(35)17-8-10-19(11-9-17)32-26(34)20(25(33)31-28(32)36)12-16-13-21(29)24(23(14-16)37-2)39-15-18-6-4-5-7-22(18)30/h4-14H,3,15H2,1-2H3,(H,31,33,36)/b20-12+. The first kappa shape index (κ1) is 27.3. The van der Waals surface area contributed by atoms with E-state index in [0.29, 0.717) is 11.1 Å². The lowest BCUT2D eigenvalue weighted by molar-refractivity contribution is -0.122. The van der Waals surface area contributed by atoms with Gasteiger partial charge in [-0.15, -0.1) is 0 Å². The van der Waals surface area contributed by atoms with Crippen molar-refractivity contribution in [3.8, 4) is 11.5 Å². The maximum absolute atomic E-state index is 14.0. The van der Waals surface area contributed by atoms with E-state index in [1.54, 1.807) is 25.1 Å². The highest BCUT2D eigenvalue weighted by Gasteiger charge is 2.37. The molecule has 4 amide bonds. The second kappa shape index (κ2) is 11.8. The number of anilines is 1. The number of carbonyl (C=O) groups excluding carboxylic acids is 4. The Kier molecular flexibility index (Phi) is 8.26. The predicted octanol–water partition coefficient (Wildman–Crippen LogP) is 4.91. The molecule has 1 aliphatic heterocycles. The zero-order valence-corrected chi connectivity index (χ0v) is 21.6. The van der Waals surface area contributed by atoms with E-state index >= 15 is 0 Å². The van der Waals surface area contributed by atoms with Gasteiger partial charge in [-0.3, -0.25) is 14.9 Å². The van der Waals surface area contributed by atoms with Crippen LogP contribution in [-0.2, 0) is 20.9 Å². The molecule has 9 nitrogen and oxygen atoms in total. The predicted molar refractivity (Wildman–Crippen MR) is 140 cm³/mol. The molecular weight excluding hydrogens is 531 g/mol. The number of amides is 4. The Bertz CT molecular complexity index is 1490. The molecule has 3 aromatic rings. The lowest BCUT2D eigenvalue weighted by Crippen LogP contribution is -2.54. The molecule has 1 fully saturated rings. The van der Waals surface area contributed by atoms with Gasteiger partial charge in [0.15, 0.2) is 11.5 Å². The third kappa shape index (κ3) is 5.91. The van der Waals surface area contributed by atoms with Gasteiger partial charge in [-0.1, -0.05) is 29.8 Å². The molecule has 1 heterocycles. The van der Waals surface area contributed by atoms with E-state index in [1.807, 2.05) is 0 Å². The maximum Gasteiger partial charge on any atom is 0.338 e. The van der Waals surface area contributed by atoms with Crippen LogP contribution in [0.25, 0.3) is 6.08 Å². The number of esters is 1. The zero-order valence-electron chi connectivity index (χ0n) is 20.8. The average Bonchev–Trinajstić information content (AvgIpc) is 2.91. The Balaban J connectivity index is 1.61. The quantitative estimate of drug-likeness (QED) is 0.240. The molecule has 0 bridgehead atoms. The number of barbiturate groups is 1. The van der Waals surface area contributed by atoms with Crippen molar-refractivity contribution in [1.29, 1.82) is 0 Å². The summed E-state index contributed by atoms with van der Waals surface area (Å²) in [5, 5.41) is 2.21. The summed E-state index contributed by atoms with van der Waals surface area (Å²) in [5.74, 6) is -2.46. The van der Waals surface area contributed by atoms with E-state index in [2.05, 4.69) is 5.32 Å². The monoisotopic (exact) mass is 552 g/mol. The number of nitrogens with zero attached hydrogens (tertiary/aromatic N) is 1. The highest BCUT2D eigenvalue weighted by atomic mass is 35.5. The molecule has 1 aliphatic rings. The molecule has 11 heteroatoms. The fourth-order valence-corrected chi connectivity index (χ4v) is 4.02. The summed E-state index contributed by atoms with van der Waals surface area (Å²) in [6.45, 7) is 1.75. The molecule has 0 radical (unpaired) electrons. The van der Waals surface area contributed by atoms with Gasteiger partial charge >= 0.3 is 12.0 Å². The number of urea groups is 1. The van der Waals surface area contributed by atoms with Gasteiger partial charge in [0.2, 0.25) is 0 Å². The minimum Gasteiger partial charge on any atom is -0.493 e. The van der Waals surface area contributed by atoms with Crippen molar-refractivity contribution in [3.05, 3.63) is 93.8 Å². The zero-order chi connectivity index (χ0) is 28.1. The number of hydrogen-bond acceptors (Lipinski definition) is 7. The molecular formula is C28H22ClFN2O7. The van der Waals surface area contributed by atoms with E-state index in [1.165, 1.54) is 55.7 Å². The fraction of sp³-hybridized carbons (Fsp3) is 0.143. The number of halogens is 2. The van der Waals surface area contributed by atoms with Gasteiger partial charge in [0.1, 0.15) is 18.0 Å². The number of ether oxygens (including phenoxy) is 3. The van der Waals surface area contributed by atoms with Crippen molar-refractivity contribution >= 4 is 47.2 Å². The topological polar surface area (TPSA) is 111 Å². The molecule has 0 spiro atoms. The van der Waals surface area contributed by atoms with Crippen molar-refractivity contribution in [1.82, 2.24) is 5.32 Å². The molecule has 0 aliphatic carbocycles. The molecule has 1 N–H and O–H groups in total. The average molecular weight is 553 g/mol. The Morgan fingerprint density at radius 3 is 2.46 bits per heavy atom. The number of rotatable bonds is 8. The Labute approximate surface area is 227 Å². The van der Waals surface area contributed by atoms with Crippen LogP contribution in [0.4, 0.5) is 14.9 Å². The summed E-state index contributed by atoms with van der Waals surface area (Å²) in [7, 11) is 1.37. The molecule has 200 valence electrons. The highest BCUT2D eigenvalue weighted by molar-refractivity contribution is 6.39. The second-order valence-electron chi connectivity index (χ2n) is 8.14. The van der Waals surface area contributed by atoms with Crippen LogP contribution < -0.4 is 19.7 Å². The third-order valence-electron chi connectivity index (χ3n) is 5.63. The van der Waals surface area contributed by atoms with Crippen LogP contribution in [0.3, 0.4) is 0 Å². The first-order valence-electron chi connectivity index (χ1n) is 11.7. The third-order valence-corrected chi connectivity index (χ3v) is 5.91. The van der Waals surface area contributed by atoms with Crippen LogP contribution in [0, 0.1) is 5.82 Å². The van der Waals surface area contributed by atoms with E-state index in [0.717, 1.165) is 4.90 Å². The van der Waals surface area contributed by atoms with Gasteiger partial charge in [0.05, 0.1) is 30.0 Å². The lowest BCUT2D eigenvalue weighted by Gasteiger charge is -2.26. The molecule has 4 rings (SSSR count). The number of imide groups is 2. The molecule has 1 saturated heterocycles. The van der Waals surface area contributed by atoms with Crippen molar-refractivity contribution in [3.63, 3.8) is 0 Å². The fourth-order valence-electron chi connectivity index (χ4n) is 3.75. The van der Waals surface area contributed by atoms with E-state index in [-0.39, 0.29) is 46.6 Å². The second-order valence-corrected chi connectivity index (χ2v) is 8.55. The van der Waals surface area contributed by atoms with Gasteiger partial charge in [0, 0.05) is 5.56 Å². The molecule has 0 unspecified atom stereocenters. The summed E-state index contributed by atoms with van der Waals surface area (Å²) < 4.78 is 30.0. The van der Waals surface area contributed by atoms with Gasteiger partial charge in [-0.05, 0) is 61.0 Å². The van der Waals surface area contributed by atoms with Crippen molar-refractivity contribution in [2.24, 2.45) is 0 Å². The number of methoxy groups -OCH3 is 1. The maximum atomic E-state index is 14.0. The van der Waals surface area contributed by atoms with Gasteiger partial charge in [-0.2, -0.15) is 0 Å². The summed E-state index contributed by atoms with van der Waals surface area (Å²) >= 11 is 6.40. The summed E-state index contributed by atoms with van der Waals surface area (Å²) in [6.07, 6.45) is 1.25. The largest absolute Gasteiger partial charge is 0.493 e. The van der Waals surface area contributed by atoms with E-state index in [9.17, 15) is 23.6 Å². The molecule has 39 heavy (non-hydrogen) atoms. The molecule has 0 aromatic heterocycles.